The lowest BCUT2D eigenvalue weighted by atomic mass is 9.96. The number of nitrogens with zero attached hydrogens (tertiary/aromatic N) is 6. The Hall–Kier alpha value is -3.00. The lowest BCUT2D eigenvalue weighted by Crippen LogP contribution is -2.39. The van der Waals surface area contributed by atoms with Gasteiger partial charge in [0.2, 0.25) is 5.91 Å². The molecule has 8 nitrogen and oxygen atoms in total. The molecule has 8 heteroatoms. The smallest absolute Gasteiger partial charge is 0.227 e. The van der Waals surface area contributed by atoms with Gasteiger partial charge in [-0.05, 0) is 36.6 Å². The van der Waals surface area contributed by atoms with Crippen LogP contribution in [0.3, 0.4) is 0 Å². The highest BCUT2D eigenvalue weighted by molar-refractivity contribution is 5.78. The van der Waals surface area contributed by atoms with Gasteiger partial charge in [0, 0.05) is 44.5 Å². The molecule has 0 radical (unpaired) electrons. The van der Waals surface area contributed by atoms with E-state index in [-0.39, 0.29) is 5.91 Å². The first-order chi connectivity index (χ1) is 14.8. The molecule has 2 aliphatic heterocycles. The van der Waals surface area contributed by atoms with Crippen molar-refractivity contribution in [3.05, 3.63) is 54.2 Å². The molecule has 2 fully saturated rings. The van der Waals surface area contributed by atoms with E-state index in [0.29, 0.717) is 12.3 Å². The molecule has 3 aromatic rings. The van der Waals surface area contributed by atoms with E-state index in [2.05, 4.69) is 22.1 Å². The molecule has 0 unspecified atom stereocenters. The summed E-state index contributed by atoms with van der Waals surface area (Å²) in [7, 11) is 0. The third-order valence-electron chi connectivity index (χ3n) is 6.00. The van der Waals surface area contributed by atoms with Gasteiger partial charge in [0.15, 0.2) is 11.5 Å². The van der Waals surface area contributed by atoms with Gasteiger partial charge in [-0.3, -0.25) is 9.78 Å². The van der Waals surface area contributed by atoms with Crippen molar-refractivity contribution in [2.75, 3.05) is 44.3 Å². The van der Waals surface area contributed by atoms with Crippen LogP contribution >= 0.6 is 0 Å². The number of hydrogen-bond donors (Lipinski definition) is 0. The molecule has 5 heterocycles. The number of rotatable bonds is 4. The van der Waals surface area contributed by atoms with Crippen LogP contribution in [0.2, 0.25) is 0 Å². The normalized spacial score (nSPS) is 18.1. The SMILES string of the molecule is O=C(Cc1cccnc1)N1CCC(c2nc3ccc(N4CCOCC4)cn3n2)CC1. The summed E-state index contributed by atoms with van der Waals surface area (Å²) in [4.78, 5) is 25.7. The highest BCUT2D eigenvalue weighted by atomic mass is 16.5. The number of aromatic nitrogens is 4. The minimum atomic E-state index is 0.166. The number of fused-ring (bicyclic) bond motifs is 1. The second kappa shape index (κ2) is 8.39. The Morgan fingerprint density at radius 2 is 1.93 bits per heavy atom. The maximum absolute atomic E-state index is 12.6. The number of amides is 1. The number of carbonyl (C=O) groups excluding carboxylic acids is 1. The fourth-order valence-electron chi connectivity index (χ4n) is 4.25. The summed E-state index contributed by atoms with van der Waals surface area (Å²) >= 11 is 0. The van der Waals surface area contributed by atoms with Crippen molar-refractivity contribution in [3.63, 3.8) is 0 Å². The number of morpholine rings is 1. The number of likely N-dealkylation sites (tertiary alicyclic amines) is 1. The number of pyridine rings is 2. The van der Waals surface area contributed by atoms with Crippen LogP contribution in [-0.4, -0.2) is 69.8 Å². The molecule has 3 aromatic heterocycles. The van der Waals surface area contributed by atoms with Crippen LogP contribution in [0.15, 0.2) is 42.9 Å². The second-order valence-electron chi connectivity index (χ2n) is 7.95. The molecule has 5 rings (SSSR count). The largest absolute Gasteiger partial charge is 0.378 e. The van der Waals surface area contributed by atoms with Gasteiger partial charge in [0.25, 0.3) is 0 Å². The Bertz CT molecular complexity index is 1010. The molecule has 2 saturated heterocycles. The highest BCUT2D eigenvalue weighted by Gasteiger charge is 2.26. The fraction of sp³-hybridized carbons (Fsp3) is 0.455. The molecule has 2 aliphatic rings. The molecule has 0 N–H and O–H groups in total. The summed E-state index contributed by atoms with van der Waals surface area (Å²) in [6, 6.07) is 7.96. The standard InChI is InChI=1S/C22H26N6O2/c29-21(14-17-2-1-7-23-15-17)27-8-5-18(6-9-27)22-24-20-4-3-19(16-28(20)25-22)26-10-12-30-13-11-26/h1-4,7,15-16,18H,5-6,8-14H2. The average Bonchev–Trinajstić information content (AvgIpc) is 3.24. The van der Waals surface area contributed by atoms with E-state index in [9.17, 15) is 4.79 Å². The van der Waals surface area contributed by atoms with Crippen LogP contribution in [0, 0.1) is 0 Å². The molecule has 0 spiro atoms. The zero-order valence-electron chi connectivity index (χ0n) is 17.0. The maximum Gasteiger partial charge on any atom is 0.227 e. The van der Waals surface area contributed by atoms with Crippen molar-refractivity contribution in [2.24, 2.45) is 0 Å². The molecule has 0 atom stereocenters. The minimum absolute atomic E-state index is 0.166. The number of hydrogen-bond acceptors (Lipinski definition) is 6. The van der Waals surface area contributed by atoms with Gasteiger partial charge in [-0.1, -0.05) is 6.07 Å². The number of anilines is 1. The van der Waals surface area contributed by atoms with Crippen LogP contribution < -0.4 is 4.90 Å². The topological polar surface area (TPSA) is 75.9 Å². The Balaban J connectivity index is 1.23. The van der Waals surface area contributed by atoms with Gasteiger partial charge >= 0.3 is 0 Å². The predicted molar refractivity (Wildman–Crippen MR) is 113 cm³/mol. The van der Waals surface area contributed by atoms with Crippen molar-refractivity contribution in [1.29, 1.82) is 0 Å². The zero-order chi connectivity index (χ0) is 20.3. The van der Waals surface area contributed by atoms with Gasteiger partial charge in [0.1, 0.15) is 0 Å². The Kier molecular flexibility index (Phi) is 5.31. The Morgan fingerprint density at radius 3 is 2.70 bits per heavy atom. The molecule has 0 aromatic carbocycles. The summed E-state index contributed by atoms with van der Waals surface area (Å²) in [6.07, 6.45) is 7.75. The molecule has 156 valence electrons. The van der Waals surface area contributed by atoms with Crippen LogP contribution in [0.25, 0.3) is 5.65 Å². The van der Waals surface area contributed by atoms with Gasteiger partial charge in [-0.15, -0.1) is 0 Å². The Labute approximate surface area is 175 Å². The van der Waals surface area contributed by atoms with Gasteiger partial charge in [0.05, 0.1) is 31.5 Å². The summed E-state index contributed by atoms with van der Waals surface area (Å²) in [5.74, 6) is 1.34. The van der Waals surface area contributed by atoms with Crippen molar-refractivity contribution in [3.8, 4) is 0 Å². The third kappa shape index (κ3) is 4.00. The lowest BCUT2D eigenvalue weighted by molar-refractivity contribution is -0.131. The second-order valence-corrected chi connectivity index (χ2v) is 7.95. The maximum atomic E-state index is 12.6. The quantitative estimate of drug-likeness (QED) is 0.659. The number of ether oxygens (including phenoxy) is 1. The van der Waals surface area contributed by atoms with Gasteiger partial charge in [-0.25, -0.2) is 9.50 Å². The van der Waals surface area contributed by atoms with Gasteiger partial charge in [-0.2, -0.15) is 5.10 Å². The number of piperidine rings is 1. The van der Waals surface area contributed by atoms with Gasteiger partial charge < -0.3 is 14.5 Å². The summed E-state index contributed by atoms with van der Waals surface area (Å²) < 4.78 is 7.33. The lowest BCUT2D eigenvalue weighted by Gasteiger charge is -2.30. The van der Waals surface area contributed by atoms with Crippen molar-refractivity contribution in [1.82, 2.24) is 24.5 Å². The predicted octanol–water partition coefficient (Wildman–Crippen LogP) is 1.91. The van der Waals surface area contributed by atoms with E-state index >= 15 is 0 Å². The molecular weight excluding hydrogens is 380 g/mol. The van der Waals surface area contributed by atoms with E-state index in [1.165, 1.54) is 0 Å². The van der Waals surface area contributed by atoms with Crippen molar-refractivity contribution < 1.29 is 9.53 Å². The van der Waals surface area contributed by atoms with E-state index in [0.717, 1.165) is 75.0 Å². The first-order valence-electron chi connectivity index (χ1n) is 10.6. The molecule has 1 amide bonds. The fourth-order valence-corrected chi connectivity index (χ4v) is 4.25. The van der Waals surface area contributed by atoms with E-state index in [4.69, 9.17) is 14.8 Å². The van der Waals surface area contributed by atoms with Crippen LogP contribution in [-0.2, 0) is 16.0 Å². The molecule has 0 bridgehead atoms. The first-order valence-corrected chi connectivity index (χ1v) is 10.6. The third-order valence-corrected chi connectivity index (χ3v) is 6.00. The summed E-state index contributed by atoms with van der Waals surface area (Å²) in [5.41, 5.74) is 2.98. The molecule has 0 saturated carbocycles. The van der Waals surface area contributed by atoms with Crippen LogP contribution in [0.5, 0.6) is 0 Å². The summed E-state index contributed by atoms with van der Waals surface area (Å²) in [5, 5.41) is 4.77. The first kappa shape index (κ1) is 19.0. The van der Waals surface area contributed by atoms with Crippen molar-refractivity contribution >= 4 is 17.2 Å². The molecule has 0 aliphatic carbocycles. The molecule has 30 heavy (non-hydrogen) atoms. The van der Waals surface area contributed by atoms with E-state index in [1.54, 1.807) is 12.4 Å². The summed E-state index contributed by atoms with van der Waals surface area (Å²) in [6.45, 7) is 4.82. The Morgan fingerprint density at radius 1 is 1.10 bits per heavy atom. The zero-order valence-corrected chi connectivity index (χ0v) is 17.0. The minimum Gasteiger partial charge on any atom is -0.378 e. The monoisotopic (exact) mass is 406 g/mol. The average molecular weight is 406 g/mol. The highest BCUT2D eigenvalue weighted by Crippen LogP contribution is 2.27. The van der Waals surface area contributed by atoms with Crippen LogP contribution in [0.1, 0.15) is 30.1 Å². The van der Waals surface area contributed by atoms with Crippen molar-refractivity contribution in [2.45, 2.75) is 25.2 Å². The number of carbonyl (C=O) groups is 1. The van der Waals surface area contributed by atoms with E-state index in [1.807, 2.05) is 27.6 Å². The van der Waals surface area contributed by atoms with Crippen LogP contribution in [0.4, 0.5) is 5.69 Å². The van der Waals surface area contributed by atoms with E-state index < -0.39 is 0 Å². The molecular formula is C22H26N6O2.